The molecule has 0 radical (unpaired) electrons. The van der Waals surface area contributed by atoms with E-state index in [0.29, 0.717) is 10.6 Å². The van der Waals surface area contributed by atoms with Crippen LogP contribution in [0.1, 0.15) is 5.56 Å². The zero-order valence-electron chi connectivity index (χ0n) is 6.46. The van der Waals surface area contributed by atoms with E-state index in [1.165, 1.54) is 12.3 Å². The van der Waals surface area contributed by atoms with Crippen molar-refractivity contribution in [2.24, 2.45) is 10.9 Å². The Hall–Kier alpha value is -1.13. The van der Waals surface area contributed by atoms with Crippen LogP contribution in [0.4, 0.5) is 0 Å². The second-order valence-electron chi connectivity index (χ2n) is 2.15. The summed E-state index contributed by atoms with van der Waals surface area (Å²) < 4.78 is 0. The summed E-state index contributed by atoms with van der Waals surface area (Å²) in [7, 11) is 0. The molecular formula is C7H6Cl2N4. The Labute approximate surface area is 84.9 Å². The zero-order valence-corrected chi connectivity index (χ0v) is 7.97. The fourth-order valence-electron chi connectivity index (χ4n) is 0.781. The molecule has 13 heavy (non-hydrogen) atoms. The van der Waals surface area contributed by atoms with Gasteiger partial charge >= 0.3 is 0 Å². The van der Waals surface area contributed by atoms with Crippen molar-refractivity contribution < 1.29 is 0 Å². The molecule has 1 aromatic rings. The van der Waals surface area contributed by atoms with Crippen molar-refractivity contribution in [1.82, 2.24) is 4.98 Å². The summed E-state index contributed by atoms with van der Waals surface area (Å²) >= 11 is 11.4. The molecule has 4 nitrogen and oxygen atoms in total. The number of aromatic nitrogens is 1. The summed E-state index contributed by atoms with van der Waals surface area (Å²) in [5, 5.41) is 11.0. The van der Waals surface area contributed by atoms with Crippen molar-refractivity contribution in [3.63, 3.8) is 0 Å². The molecule has 1 heterocycles. The molecular weight excluding hydrogens is 211 g/mol. The molecule has 1 rings (SSSR count). The smallest absolute Gasteiger partial charge is 0.130 e. The summed E-state index contributed by atoms with van der Waals surface area (Å²) in [5.41, 5.74) is 0.748. The van der Waals surface area contributed by atoms with Gasteiger partial charge in [0, 0.05) is 18.0 Å². The van der Waals surface area contributed by atoms with Crippen molar-refractivity contribution in [3.8, 4) is 0 Å². The predicted octanol–water partition coefficient (Wildman–Crippen LogP) is 1.70. The molecule has 0 spiro atoms. The van der Waals surface area contributed by atoms with Crippen molar-refractivity contribution >= 4 is 35.1 Å². The van der Waals surface area contributed by atoms with E-state index < -0.39 is 0 Å². The third-order valence-electron chi connectivity index (χ3n) is 1.37. The zero-order chi connectivity index (χ0) is 9.84. The van der Waals surface area contributed by atoms with Crippen molar-refractivity contribution in [2.45, 2.75) is 0 Å². The molecule has 1 aromatic heterocycles. The van der Waals surface area contributed by atoms with Gasteiger partial charge in [-0.1, -0.05) is 23.2 Å². The maximum Gasteiger partial charge on any atom is 0.130 e. The minimum Gasteiger partial charge on any atom is -0.323 e. The van der Waals surface area contributed by atoms with Crippen LogP contribution >= 0.6 is 23.2 Å². The fraction of sp³-hybridized carbons (Fsp3) is 0. The third-order valence-corrected chi connectivity index (χ3v) is 1.89. The first kappa shape index (κ1) is 9.95. The van der Waals surface area contributed by atoms with Crippen molar-refractivity contribution in [1.29, 1.82) is 5.41 Å². The van der Waals surface area contributed by atoms with Gasteiger partial charge in [-0.3, -0.25) is 0 Å². The first-order valence-electron chi connectivity index (χ1n) is 3.28. The van der Waals surface area contributed by atoms with Gasteiger partial charge in [0.1, 0.15) is 10.9 Å². The van der Waals surface area contributed by atoms with E-state index in [1.807, 2.05) is 0 Å². The van der Waals surface area contributed by atoms with E-state index >= 15 is 0 Å². The minimum absolute atomic E-state index is 0.258. The van der Waals surface area contributed by atoms with E-state index in [0.717, 1.165) is 6.21 Å². The van der Waals surface area contributed by atoms with Crippen LogP contribution in [-0.2, 0) is 0 Å². The average molecular weight is 217 g/mol. The van der Waals surface area contributed by atoms with Gasteiger partial charge in [0.2, 0.25) is 0 Å². The number of hydrogen-bond donors (Lipinski definition) is 2. The van der Waals surface area contributed by atoms with Crippen molar-refractivity contribution in [3.05, 3.63) is 28.0 Å². The monoisotopic (exact) mass is 216 g/mol. The Kier molecular flexibility index (Phi) is 3.22. The number of nitrogens with zero attached hydrogens (tertiary/aromatic N) is 2. The van der Waals surface area contributed by atoms with Gasteiger partial charge in [-0.2, -0.15) is 5.10 Å². The molecule has 0 saturated carbocycles. The van der Waals surface area contributed by atoms with Crippen LogP contribution in [0, 0.1) is 5.41 Å². The van der Waals surface area contributed by atoms with E-state index in [1.54, 1.807) is 0 Å². The van der Waals surface area contributed by atoms with Crippen LogP contribution < -0.4 is 5.84 Å². The molecule has 0 aliphatic carbocycles. The molecule has 0 fully saturated rings. The van der Waals surface area contributed by atoms with Gasteiger partial charge in [-0.15, -0.1) is 0 Å². The second-order valence-corrected chi connectivity index (χ2v) is 2.94. The molecule has 68 valence electrons. The Morgan fingerprint density at radius 3 is 2.77 bits per heavy atom. The number of nitrogens with one attached hydrogen (secondary N) is 1. The van der Waals surface area contributed by atoms with Crippen LogP contribution in [0.2, 0.25) is 10.2 Å². The lowest BCUT2D eigenvalue weighted by atomic mass is 10.2. The third kappa shape index (κ3) is 2.17. The normalized spacial score (nSPS) is 11.4. The van der Waals surface area contributed by atoms with E-state index in [2.05, 4.69) is 10.1 Å². The van der Waals surface area contributed by atoms with Gasteiger partial charge < -0.3 is 11.3 Å². The first-order valence-corrected chi connectivity index (χ1v) is 4.04. The predicted molar refractivity (Wildman–Crippen MR) is 53.8 cm³/mol. The van der Waals surface area contributed by atoms with Crippen LogP contribution in [0.3, 0.4) is 0 Å². The summed E-state index contributed by atoms with van der Waals surface area (Å²) in [4.78, 5) is 3.80. The number of nitrogens with two attached hydrogens (primary N) is 1. The fourth-order valence-corrected chi connectivity index (χ4v) is 1.24. The number of rotatable bonds is 2. The molecule has 0 aliphatic heterocycles. The lowest BCUT2D eigenvalue weighted by Crippen LogP contribution is -2.06. The highest BCUT2D eigenvalue weighted by molar-refractivity contribution is 6.44. The minimum atomic E-state index is 0.258. The van der Waals surface area contributed by atoms with Gasteiger partial charge in [-0.05, 0) is 6.07 Å². The van der Waals surface area contributed by atoms with Crippen LogP contribution in [-0.4, -0.2) is 16.9 Å². The standard InChI is InChI=1S/C7H6Cl2N4/c8-5-1-7(9)12-3-4(5)6(2-10)13-11/h1-3,10H,11H2/b10-2?,13-6+. The number of pyridine rings is 1. The summed E-state index contributed by atoms with van der Waals surface area (Å²) in [6.45, 7) is 0. The van der Waals surface area contributed by atoms with E-state index in [-0.39, 0.29) is 10.9 Å². The topological polar surface area (TPSA) is 75.1 Å². The highest BCUT2D eigenvalue weighted by Crippen LogP contribution is 2.18. The van der Waals surface area contributed by atoms with Crippen molar-refractivity contribution in [2.75, 3.05) is 0 Å². The molecule has 6 heteroatoms. The Morgan fingerprint density at radius 1 is 1.62 bits per heavy atom. The quantitative estimate of drug-likeness (QED) is 0.342. The highest BCUT2D eigenvalue weighted by Gasteiger charge is 2.06. The average Bonchev–Trinajstić information content (AvgIpc) is 2.10. The van der Waals surface area contributed by atoms with E-state index in [4.69, 9.17) is 34.5 Å². The summed E-state index contributed by atoms with van der Waals surface area (Å²) in [6.07, 6.45) is 2.41. The molecule has 0 bridgehead atoms. The van der Waals surface area contributed by atoms with E-state index in [9.17, 15) is 0 Å². The molecule has 0 amide bonds. The molecule has 3 N–H and O–H groups in total. The molecule has 0 atom stereocenters. The van der Waals surface area contributed by atoms with Gasteiger partial charge in [-0.25, -0.2) is 4.98 Å². The molecule has 0 saturated heterocycles. The molecule has 0 unspecified atom stereocenters. The van der Waals surface area contributed by atoms with Crippen LogP contribution in [0.15, 0.2) is 17.4 Å². The maximum absolute atomic E-state index is 6.99. The lowest BCUT2D eigenvalue weighted by molar-refractivity contribution is 1.24. The van der Waals surface area contributed by atoms with Gasteiger partial charge in [0.05, 0.1) is 5.02 Å². The lowest BCUT2D eigenvalue weighted by Gasteiger charge is -2.01. The Morgan fingerprint density at radius 2 is 2.31 bits per heavy atom. The summed E-state index contributed by atoms with van der Waals surface area (Å²) in [6, 6.07) is 1.47. The SMILES string of the molecule is N=C/C(=N\N)c1cnc(Cl)cc1Cl. The van der Waals surface area contributed by atoms with Crippen LogP contribution in [0.25, 0.3) is 0 Å². The van der Waals surface area contributed by atoms with Gasteiger partial charge in [0.25, 0.3) is 0 Å². The first-order chi connectivity index (χ1) is 6.19. The molecule has 0 aromatic carbocycles. The number of halogens is 2. The largest absolute Gasteiger partial charge is 0.323 e. The highest BCUT2D eigenvalue weighted by atomic mass is 35.5. The maximum atomic E-state index is 6.99. The number of hydrogen-bond acceptors (Lipinski definition) is 4. The molecule has 0 aliphatic rings. The second kappa shape index (κ2) is 4.20. The van der Waals surface area contributed by atoms with Crippen LogP contribution in [0.5, 0.6) is 0 Å². The Balaban J connectivity index is 3.22. The number of hydrazone groups is 1. The Bertz CT molecular complexity index is 362. The van der Waals surface area contributed by atoms with Gasteiger partial charge in [0.15, 0.2) is 0 Å². The summed E-state index contributed by atoms with van der Waals surface area (Å²) in [5.74, 6) is 5.04.